The number of rotatable bonds is 16. The first-order chi connectivity index (χ1) is 16.6. The van der Waals surface area contributed by atoms with E-state index >= 15 is 0 Å². The Balaban J connectivity index is 5.45. The molecule has 14 heteroatoms. The highest BCUT2D eigenvalue weighted by molar-refractivity contribution is 7.80. The van der Waals surface area contributed by atoms with Crippen molar-refractivity contribution in [1.29, 1.82) is 0 Å². The molecule has 0 radical (unpaired) electrons. The summed E-state index contributed by atoms with van der Waals surface area (Å²) in [7, 11) is 0. The maximum Gasteiger partial charge on any atom is 0.326 e. The lowest BCUT2D eigenvalue weighted by Crippen LogP contribution is -2.60. The molecule has 206 valence electrons. The molecule has 0 bridgehead atoms. The molecule has 36 heavy (non-hydrogen) atoms. The predicted molar refractivity (Wildman–Crippen MR) is 134 cm³/mol. The van der Waals surface area contributed by atoms with Crippen LogP contribution >= 0.6 is 12.6 Å². The van der Waals surface area contributed by atoms with Gasteiger partial charge in [0.25, 0.3) is 0 Å². The molecule has 0 aromatic carbocycles. The van der Waals surface area contributed by atoms with E-state index in [-0.39, 0.29) is 24.5 Å². The van der Waals surface area contributed by atoms with Gasteiger partial charge in [-0.05, 0) is 31.6 Å². The first-order valence-corrected chi connectivity index (χ1v) is 12.3. The molecule has 0 aliphatic heterocycles. The minimum atomic E-state index is -1.46. The van der Waals surface area contributed by atoms with Crippen molar-refractivity contribution in [3.05, 3.63) is 0 Å². The summed E-state index contributed by atoms with van der Waals surface area (Å²) in [4.78, 5) is 72.6. The van der Waals surface area contributed by atoms with Gasteiger partial charge < -0.3 is 37.2 Å². The van der Waals surface area contributed by atoms with Gasteiger partial charge in [0.2, 0.25) is 23.6 Å². The summed E-state index contributed by atoms with van der Waals surface area (Å²) >= 11 is 4.11. The third kappa shape index (κ3) is 12.2. The van der Waals surface area contributed by atoms with Crippen LogP contribution in [0, 0.1) is 11.8 Å². The van der Waals surface area contributed by atoms with Crippen molar-refractivity contribution < 1.29 is 39.0 Å². The van der Waals surface area contributed by atoms with E-state index < -0.39 is 78.1 Å². The third-order valence-corrected chi connectivity index (χ3v) is 5.44. The van der Waals surface area contributed by atoms with Crippen molar-refractivity contribution in [2.24, 2.45) is 17.6 Å². The SMILES string of the molecule is CC(C)C[C@H](NC(=O)[C@H](C)N)C(=O)N[C@@H](CS)C(=O)N[C@H](C(=O)N[C@@H](CCC(=O)O)C(=O)O)C(C)C. The monoisotopic (exact) mass is 533 g/mol. The van der Waals surface area contributed by atoms with E-state index in [2.05, 4.69) is 33.9 Å². The first-order valence-electron chi connectivity index (χ1n) is 11.6. The minimum absolute atomic E-state index is 0.0368. The molecular formula is C22H39N5O8S. The predicted octanol–water partition coefficient (Wildman–Crippen LogP) is -1.15. The number of thiol groups is 1. The number of hydrogen-bond acceptors (Lipinski definition) is 8. The van der Waals surface area contributed by atoms with Crippen molar-refractivity contribution in [3.63, 3.8) is 0 Å². The van der Waals surface area contributed by atoms with Crippen molar-refractivity contribution in [3.8, 4) is 0 Å². The van der Waals surface area contributed by atoms with Crippen molar-refractivity contribution in [2.75, 3.05) is 5.75 Å². The molecule has 0 aromatic rings. The molecule has 0 saturated carbocycles. The maximum atomic E-state index is 12.9. The Morgan fingerprint density at radius 3 is 1.67 bits per heavy atom. The van der Waals surface area contributed by atoms with Crippen LogP contribution in [0.3, 0.4) is 0 Å². The lowest BCUT2D eigenvalue weighted by molar-refractivity contribution is -0.143. The highest BCUT2D eigenvalue weighted by Crippen LogP contribution is 2.08. The van der Waals surface area contributed by atoms with Crippen LogP contribution in [0.4, 0.5) is 0 Å². The molecule has 0 saturated heterocycles. The average molecular weight is 534 g/mol. The van der Waals surface area contributed by atoms with E-state index in [1.807, 2.05) is 13.8 Å². The molecule has 0 spiro atoms. The van der Waals surface area contributed by atoms with Gasteiger partial charge >= 0.3 is 11.9 Å². The van der Waals surface area contributed by atoms with Gasteiger partial charge in [0.1, 0.15) is 24.2 Å². The summed E-state index contributed by atoms with van der Waals surface area (Å²) < 4.78 is 0. The fourth-order valence-electron chi connectivity index (χ4n) is 3.05. The van der Waals surface area contributed by atoms with E-state index in [9.17, 15) is 33.9 Å². The summed E-state index contributed by atoms with van der Waals surface area (Å²) in [5.74, 6) is -5.92. The molecule has 0 fully saturated rings. The molecule has 8 N–H and O–H groups in total. The van der Waals surface area contributed by atoms with Crippen molar-refractivity contribution in [2.45, 2.75) is 84.1 Å². The number of carboxylic acid groups (broad SMARTS) is 2. The third-order valence-electron chi connectivity index (χ3n) is 5.08. The van der Waals surface area contributed by atoms with Crippen molar-refractivity contribution >= 4 is 48.2 Å². The lowest BCUT2D eigenvalue weighted by Gasteiger charge is -2.27. The standard InChI is InChI=1S/C22H39N5O8S/c1-10(2)8-14(25-18(30)12(5)23)19(31)26-15(9-36)20(32)27-17(11(3)4)21(33)24-13(22(34)35)6-7-16(28)29/h10-15,17,36H,6-9,23H2,1-5H3,(H,24,33)(H,25,30)(H,26,31)(H,27,32)(H,28,29)(H,34,35)/t12-,13-,14-,15-,17-/m0/s1. The molecule has 0 unspecified atom stereocenters. The molecule has 5 atom stereocenters. The number of amides is 4. The van der Waals surface area contributed by atoms with Crippen LogP contribution in [-0.4, -0.2) is 81.7 Å². The van der Waals surface area contributed by atoms with E-state index in [0.717, 1.165) is 0 Å². The molecule has 0 rings (SSSR count). The van der Waals surface area contributed by atoms with Gasteiger partial charge in [-0.1, -0.05) is 27.7 Å². The Labute approximate surface area is 216 Å². The summed E-state index contributed by atoms with van der Waals surface area (Å²) in [6, 6.07) is -5.59. The Morgan fingerprint density at radius 2 is 1.25 bits per heavy atom. The van der Waals surface area contributed by atoms with Crippen LogP contribution in [0.5, 0.6) is 0 Å². The van der Waals surface area contributed by atoms with Crippen LogP contribution in [0.2, 0.25) is 0 Å². The van der Waals surface area contributed by atoms with Crippen LogP contribution in [0.1, 0.15) is 53.9 Å². The number of aliphatic carboxylic acids is 2. The molecule has 4 amide bonds. The molecule has 0 aliphatic rings. The minimum Gasteiger partial charge on any atom is -0.481 e. The Bertz CT molecular complexity index is 805. The highest BCUT2D eigenvalue weighted by atomic mass is 32.1. The summed E-state index contributed by atoms with van der Waals surface area (Å²) in [5, 5.41) is 27.9. The van der Waals surface area contributed by atoms with Crippen LogP contribution in [0.15, 0.2) is 0 Å². The van der Waals surface area contributed by atoms with E-state index in [4.69, 9.17) is 10.8 Å². The zero-order valence-corrected chi connectivity index (χ0v) is 22.1. The van der Waals surface area contributed by atoms with Gasteiger partial charge in [-0.2, -0.15) is 12.6 Å². The molecule has 0 aliphatic carbocycles. The van der Waals surface area contributed by atoms with Gasteiger partial charge in [0.05, 0.1) is 6.04 Å². The van der Waals surface area contributed by atoms with Gasteiger partial charge in [0.15, 0.2) is 0 Å². The highest BCUT2D eigenvalue weighted by Gasteiger charge is 2.32. The maximum absolute atomic E-state index is 12.9. The second-order valence-electron chi connectivity index (χ2n) is 9.29. The topological polar surface area (TPSA) is 217 Å². The molecule has 0 aromatic heterocycles. The van der Waals surface area contributed by atoms with Crippen LogP contribution in [0.25, 0.3) is 0 Å². The van der Waals surface area contributed by atoms with Gasteiger partial charge in [-0.25, -0.2) is 4.79 Å². The molecule has 0 heterocycles. The smallest absolute Gasteiger partial charge is 0.326 e. The normalized spacial score (nSPS) is 15.2. The average Bonchev–Trinajstić information content (AvgIpc) is 2.76. The second kappa shape index (κ2) is 16.0. The summed E-state index contributed by atoms with van der Waals surface area (Å²) in [6.07, 6.45) is -0.523. The quantitative estimate of drug-likeness (QED) is 0.112. The fourth-order valence-corrected chi connectivity index (χ4v) is 3.31. The number of carbonyl (C=O) groups is 6. The first kappa shape index (κ1) is 33.1. The fraction of sp³-hybridized carbons (Fsp3) is 0.727. The van der Waals surface area contributed by atoms with Crippen molar-refractivity contribution in [1.82, 2.24) is 21.3 Å². The number of carboxylic acids is 2. The zero-order valence-electron chi connectivity index (χ0n) is 21.2. The summed E-state index contributed by atoms with van der Waals surface area (Å²) in [5.41, 5.74) is 5.57. The molecule has 13 nitrogen and oxygen atoms in total. The van der Waals surface area contributed by atoms with E-state index in [1.54, 1.807) is 13.8 Å². The van der Waals surface area contributed by atoms with Crippen LogP contribution < -0.4 is 27.0 Å². The number of nitrogens with two attached hydrogens (primary N) is 1. The Hall–Kier alpha value is -2.87. The Morgan fingerprint density at radius 1 is 0.750 bits per heavy atom. The molecular weight excluding hydrogens is 494 g/mol. The number of carbonyl (C=O) groups excluding carboxylic acids is 4. The lowest BCUT2D eigenvalue weighted by atomic mass is 10.0. The largest absolute Gasteiger partial charge is 0.481 e. The number of hydrogen-bond donors (Lipinski definition) is 8. The zero-order chi connectivity index (χ0) is 28.2. The van der Waals surface area contributed by atoms with E-state index in [1.165, 1.54) is 6.92 Å². The van der Waals surface area contributed by atoms with Gasteiger partial charge in [0, 0.05) is 12.2 Å². The van der Waals surface area contributed by atoms with E-state index in [0.29, 0.717) is 0 Å². The second-order valence-corrected chi connectivity index (χ2v) is 9.65. The van der Waals surface area contributed by atoms with Gasteiger partial charge in [-0.3, -0.25) is 24.0 Å². The van der Waals surface area contributed by atoms with Gasteiger partial charge in [-0.15, -0.1) is 0 Å². The number of nitrogens with one attached hydrogen (secondary N) is 4. The summed E-state index contributed by atoms with van der Waals surface area (Å²) in [6.45, 7) is 8.42. The van der Waals surface area contributed by atoms with Crippen LogP contribution in [-0.2, 0) is 28.8 Å². The Kier molecular flexibility index (Phi) is 14.7.